The molecule has 0 saturated carbocycles. The molecule has 0 aliphatic carbocycles. The van der Waals surface area contributed by atoms with E-state index in [1.54, 1.807) is 13.0 Å². The molecule has 0 bridgehead atoms. The number of nitrogens with one attached hydrogen (secondary N) is 1. The predicted octanol–water partition coefficient (Wildman–Crippen LogP) is 3.61. The molecule has 34 heavy (non-hydrogen) atoms. The van der Waals surface area contributed by atoms with E-state index in [1.807, 2.05) is 6.07 Å². The Labute approximate surface area is 192 Å². The lowest BCUT2D eigenvalue weighted by molar-refractivity contribution is -0.137. The Bertz CT molecular complexity index is 1260. The van der Waals surface area contributed by atoms with Crippen LogP contribution < -0.4 is 26.3 Å². The van der Waals surface area contributed by atoms with E-state index in [1.165, 1.54) is 24.3 Å². The van der Waals surface area contributed by atoms with Gasteiger partial charge in [0, 0.05) is 11.3 Å². The first kappa shape index (κ1) is 24.1. The fraction of sp³-hybridized carbons (Fsp3) is 0.182. The van der Waals surface area contributed by atoms with Crippen molar-refractivity contribution in [3.63, 3.8) is 0 Å². The predicted molar refractivity (Wildman–Crippen MR) is 118 cm³/mol. The lowest BCUT2D eigenvalue weighted by Crippen LogP contribution is -2.20. The van der Waals surface area contributed by atoms with Gasteiger partial charge in [0.05, 0.1) is 17.9 Å². The minimum absolute atomic E-state index is 0.0215. The number of nitrogens with two attached hydrogens (primary N) is 2. The minimum atomic E-state index is -4.53. The van der Waals surface area contributed by atoms with Crippen LogP contribution in [0.25, 0.3) is 11.3 Å². The molecule has 0 saturated heterocycles. The van der Waals surface area contributed by atoms with Crippen LogP contribution in [0.1, 0.15) is 18.1 Å². The number of carbonyl (C=O) groups excluding carboxylic acids is 1. The maximum Gasteiger partial charge on any atom is 0.416 e. The number of nitrogens with zero attached hydrogens (tertiary/aromatic N) is 3. The number of nitrogen functional groups attached to an aromatic ring is 2. The molecule has 9 nitrogen and oxygen atoms in total. The van der Waals surface area contributed by atoms with Gasteiger partial charge in [0.2, 0.25) is 5.95 Å². The number of ether oxygens (including phenoxy) is 2. The number of rotatable bonds is 7. The molecule has 3 rings (SSSR count). The number of hydrogen-bond donors (Lipinski definition) is 3. The number of carbonyl (C=O) groups is 1. The fourth-order valence-corrected chi connectivity index (χ4v) is 2.97. The highest BCUT2D eigenvalue weighted by atomic mass is 19.4. The highest BCUT2D eigenvalue weighted by molar-refractivity contribution is 5.92. The number of aromatic nitrogens is 2. The van der Waals surface area contributed by atoms with Gasteiger partial charge in [-0.25, -0.2) is 4.98 Å². The van der Waals surface area contributed by atoms with Crippen LogP contribution in [0.3, 0.4) is 0 Å². The molecule has 1 heterocycles. The molecule has 2 aromatic carbocycles. The van der Waals surface area contributed by atoms with E-state index in [9.17, 15) is 23.2 Å². The van der Waals surface area contributed by atoms with E-state index < -0.39 is 24.3 Å². The van der Waals surface area contributed by atoms with Crippen molar-refractivity contribution in [2.75, 3.05) is 30.0 Å². The van der Waals surface area contributed by atoms with E-state index in [0.717, 1.165) is 12.1 Å². The van der Waals surface area contributed by atoms with Gasteiger partial charge < -0.3 is 26.3 Å². The molecule has 0 spiro atoms. The number of halogens is 3. The Morgan fingerprint density at radius 1 is 1.12 bits per heavy atom. The Hall–Kier alpha value is -4.53. The molecule has 3 aromatic rings. The highest BCUT2D eigenvalue weighted by Gasteiger charge is 2.30. The van der Waals surface area contributed by atoms with Crippen LogP contribution in [-0.2, 0) is 11.0 Å². The molecule has 5 N–H and O–H groups in total. The van der Waals surface area contributed by atoms with Crippen LogP contribution in [-0.4, -0.2) is 29.1 Å². The fourth-order valence-electron chi connectivity index (χ4n) is 2.97. The van der Waals surface area contributed by atoms with Crippen LogP contribution in [0.5, 0.6) is 11.5 Å². The van der Waals surface area contributed by atoms with Gasteiger partial charge in [0.25, 0.3) is 5.91 Å². The SMILES string of the molecule is CCOc1cc(-c2nc(N)nc(N)c2C#N)ccc1OCC(=O)Nc1cccc(C(F)(F)F)c1. The van der Waals surface area contributed by atoms with Crippen molar-refractivity contribution in [2.45, 2.75) is 13.1 Å². The zero-order chi connectivity index (χ0) is 24.9. The summed E-state index contributed by atoms with van der Waals surface area (Å²) < 4.78 is 49.6. The van der Waals surface area contributed by atoms with Crippen LogP contribution in [0.4, 0.5) is 30.6 Å². The summed E-state index contributed by atoms with van der Waals surface area (Å²) in [4.78, 5) is 20.1. The number of nitriles is 1. The maximum absolute atomic E-state index is 12.8. The summed E-state index contributed by atoms with van der Waals surface area (Å²) in [5, 5.41) is 11.7. The molecule has 0 fully saturated rings. The van der Waals surface area contributed by atoms with Gasteiger partial charge in [0.15, 0.2) is 18.1 Å². The Kier molecular flexibility index (Phi) is 7.06. The van der Waals surface area contributed by atoms with Crippen molar-refractivity contribution in [1.82, 2.24) is 9.97 Å². The molecule has 0 radical (unpaired) electrons. The average molecular weight is 472 g/mol. The van der Waals surface area contributed by atoms with Gasteiger partial charge in [0.1, 0.15) is 17.5 Å². The van der Waals surface area contributed by atoms with Gasteiger partial charge in [-0.2, -0.15) is 23.4 Å². The van der Waals surface area contributed by atoms with E-state index in [-0.39, 0.29) is 46.8 Å². The summed E-state index contributed by atoms with van der Waals surface area (Å²) in [6, 6.07) is 10.8. The van der Waals surface area contributed by atoms with Crippen LogP contribution in [0, 0.1) is 11.3 Å². The smallest absolute Gasteiger partial charge is 0.416 e. The number of hydrogen-bond acceptors (Lipinski definition) is 8. The Morgan fingerprint density at radius 2 is 1.88 bits per heavy atom. The second kappa shape index (κ2) is 9.95. The van der Waals surface area contributed by atoms with Crippen molar-refractivity contribution >= 4 is 23.4 Å². The van der Waals surface area contributed by atoms with Gasteiger partial charge in [-0.1, -0.05) is 6.07 Å². The van der Waals surface area contributed by atoms with Crippen LogP contribution >= 0.6 is 0 Å². The zero-order valence-electron chi connectivity index (χ0n) is 17.8. The maximum atomic E-state index is 12.8. The first-order valence-corrected chi connectivity index (χ1v) is 9.82. The molecule has 1 amide bonds. The average Bonchev–Trinajstić information content (AvgIpc) is 2.77. The minimum Gasteiger partial charge on any atom is -0.490 e. The Morgan fingerprint density at radius 3 is 2.56 bits per heavy atom. The quantitative estimate of drug-likeness (QED) is 0.472. The zero-order valence-corrected chi connectivity index (χ0v) is 17.8. The van der Waals surface area contributed by atoms with Crippen molar-refractivity contribution in [3.8, 4) is 28.8 Å². The third kappa shape index (κ3) is 5.63. The normalized spacial score (nSPS) is 10.9. The van der Waals surface area contributed by atoms with Gasteiger partial charge in [-0.3, -0.25) is 4.79 Å². The Balaban J connectivity index is 1.79. The van der Waals surface area contributed by atoms with Gasteiger partial charge in [-0.05, 0) is 43.3 Å². The second-order valence-electron chi connectivity index (χ2n) is 6.81. The number of alkyl halides is 3. The van der Waals surface area contributed by atoms with Crippen molar-refractivity contribution in [1.29, 1.82) is 5.26 Å². The molecular formula is C22H19F3N6O3. The van der Waals surface area contributed by atoms with Crippen molar-refractivity contribution in [3.05, 3.63) is 53.6 Å². The number of anilines is 3. The molecule has 0 unspecified atom stereocenters. The van der Waals surface area contributed by atoms with Gasteiger partial charge in [-0.15, -0.1) is 0 Å². The number of benzene rings is 2. The van der Waals surface area contributed by atoms with Gasteiger partial charge >= 0.3 is 6.18 Å². The van der Waals surface area contributed by atoms with Crippen molar-refractivity contribution < 1.29 is 27.4 Å². The monoisotopic (exact) mass is 472 g/mol. The third-order valence-electron chi connectivity index (χ3n) is 4.42. The summed E-state index contributed by atoms with van der Waals surface area (Å²) in [5.41, 5.74) is 11.2. The summed E-state index contributed by atoms with van der Waals surface area (Å²) in [5.74, 6) is -0.427. The molecule has 0 atom stereocenters. The first-order chi connectivity index (χ1) is 16.1. The summed E-state index contributed by atoms with van der Waals surface area (Å²) in [7, 11) is 0. The largest absolute Gasteiger partial charge is 0.490 e. The molecule has 0 aliphatic rings. The lowest BCUT2D eigenvalue weighted by atomic mass is 10.1. The van der Waals surface area contributed by atoms with Crippen LogP contribution in [0.2, 0.25) is 0 Å². The summed E-state index contributed by atoms with van der Waals surface area (Å²) in [6.45, 7) is 1.50. The van der Waals surface area contributed by atoms with E-state index >= 15 is 0 Å². The standard InChI is InChI=1S/C22H19F3N6O3/c1-2-33-17-8-12(19-15(10-26)20(27)31-21(28)30-19)6-7-16(17)34-11-18(32)29-14-5-3-4-13(9-14)22(23,24)25/h3-9H,2,11H2,1H3,(H,29,32)(H4,27,28,30,31). The molecule has 12 heteroatoms. The topological polar surface area (TPSA) is 149 Å². The lowest BCUT2D eigenvalue weighted by Gasteiger charge is -2.14. The molecular weight excluding hydrogens is 453 g/mol. The second-order valence-corrected chi connectivity index (χ2v) is 6.81. The van der Waals surface area contributed by atoms with Crippen molar-refractivity contribution in [2.24, 2.45) is 0 Å². The summed E-state index contributed by atoms with van der Waals surface area (Å²) >= 11 is 0. The first-order valence-electron chi connectivity index (χ1n) is 9.82. The molecule has 1 aromatic heterocycles. The number of amides is 1. The highest BCUT2D eigenvalue weighted by Crippen LogP contribution is 2.35. The third-order valence-corrected chi connectivity index (χ3v) is 4.42. The van der Waals surface area contributed by atoms with E-state index in [0.29, 0.717) is 5.56 Å². The van der Waals surface area contributed by atoms with E-state index in [4.69, 9.17) is 20.9 Å². The van der Waals surface area contributed by atoms with E-state index in [2.05, 4.69) is 15.3 Å². The molecule has 176 valence electrons. The van der Waals surface area contributed by atoms with Crippen LogP contribution in [0.15, 0.2) is 42.5 Å². The summed E-state index contributed by atoms with van der Waals surface area (Å²) in [6.07, 6.45) is -4.53. The molecule has 0 aliphatic heterocycles.